The van der Waals surface area contributed by atoms with Gasteiger partial charge in [0.05, 0.1) is 18.5 Å². The Morgan fingerprint density at radius 2 is 1.97 bits per heavy atom. The third-order valence-electron chi connectivity index (χ3n) is 7.82. The molecule has 5 N–H and O–H groups in total. The Morgan fingerprint density at radius 3 is 2.64 bits per heavy atom. The zero-order valence-corrected chi connectivity index (χ0v) is 20.6. The van der Waals surface area contributed by atoms with Gasteiger partial charge in [-0.1, -0.05) is 6.42 Å². The van der Waals surface area contributed by atoms with Gasteiger partial charge in [0.25, 0.3) is 0 Å². The number of aldehydes is 1. The number of thioether (sulfide) groups is 1. The van der Waals surface area contributed by atoms with Gasteiger partial charge in [0.1, 0.15) is 12.4 Å². The Balaban J connectivity index is 1.46. The monoisotopic (exact) mass is 476 g/mol. The van der Waals surface area contributed by atoms with Crippen LogP contribution >= 0.6 is 11.8 Å². The molecule has 2 fully saturated rings. The zero-order valence-electron chi connectivity index (χ0n) is 19.8. The quantitative estimate of drug-likeness (QED) is 0.213. The van der Waals surface area contributed by atoms with Crippen molar-refractivity contribution >= 4 is 24.4 Å². The van der Waals surface area contributed by atoms with Crippen molar-refractivity contribution in [3.63, 3.8) is 0 Å². The smallest absolute Gasteiger partial charge is 0.219 e. The summed E-state index contributed by atoms with van der Waals surface area (Å²) in [6.45, 7) is 4.68. The molecule has 2 heterocycles. The Labute approximate surface area is 202 Å². The van der Waals surface area contributed by atoms with Crippen LogP contribution in [0.15, 0.2) is 26.9 Å². The summed E-state index contributed by atoms with van der Waals surface area (Å²) in [6, 6.07) is -0.154. The maximum Gasteiger partial charge on any atom is 0.219 e. The van der Waals surface area contributed by atoms with Gasteiger partial charge in [-0.25, -0.2) is 4.99 Å². The van der Waals surface area contributed by atoms with Gasteiger partial charge in [0, 0.05) is 16.9 Å². The summed E-state index contributed by atoms with van der Waals surface area (Å²) in [6.07, 6.45) is 12.2. The van der Waals surface area contributed by atoms with Gasteiger partial charge in [-0.2, -0.15) is 0 Å². The van der Waals surface area contributed by atoms with E-state index < -0.39 is 12.1 Å². The summed E-state index contributed by atoms with van der Waals surface area (Å²) in [5.41, 5.74) is 13.9. The summed E-state index contributed by atoms with van der Waals surface area (Å²) in [5.74, 6) is 0.805. The van der Waals surface area contributed by atoms with Crippen molar-refractivity contribution in [2.75, 3.05) is 13.1 Å². The molecule has 0 radical (unpaired) electrons. The molecule has 2 aliphatic heterocycles. The van der Waals surface area contributed by atoms with Crippen LogP contribution in [0.1, 0.15) is 71.1 Å². The first kappa shape index (κ1) is 24.8. The molecule has 1 saturated carbocycles. The first-order valence-electron chi connectivity index (χ1n) is 12.7. The van der Waals surface area contributed by atoms with Gasteiger partial charge in [-0.05, 0) is 94.2 Å². The van der Waals surface area contributed by atoms with Crippen LogP contribution in [0.4, 0.5) is 0 Å². The highest BCUT2D eigenvalue weighted by atomic mass is 32.2. The fourth-order valence-electron chi connectivity index (χ4n) is 6.06. The van der Waals surface area contributed by atoms with Gasteiger partial charge >= 0.3 is 0 Å². The summed E-state index contributed by atoms with van der Waals surface area (Å²) < 4.78 is 6.54. The van der Waals surface area contributed by atoms with Crippen LogP contribution in [0.3, 0.4) is 0 Å². The number of aliphatic hydroxyl groups is 1. The van der Waals surface area contributed by atoms with E-state index in [0.717, 1.165) is 31.3 Å². The normalized spacial score (nSPS) is 34.4. The number of carbonyl (C=O) groups is 1. The summed E-state index contributed by atoms with van der Waals surface area (Å²) in [5, 5.41) is 10.6. The summed E-state index contributed by atoms with van der Waals surface area (Å²) in [7, 11) is 0. The minimum absolute atomic E-state index is 0.160. The van der Waals surface area contributed by atoms with Crippen molar-refractivity contribution in [2.24, 2.45) is 22.4 Å². The van der Waals surface area contributed by atoms with Gasteiger partial charge in [-0.15, -0.1) is 11.8 Å². The average Bonchev–Trinajstić information content (AvgIpc) is 3.37. The molecule has 4 atom stereocenters. The number of hydrogen-bond donors (Lipinski definition) is 3. The highest BCUT2D eigenvalue weighted by Crippen LogP contribution is 2.54. The number of rotatable bonds is 8. The number of allylic oxidation sites excluding steroid dienone is 2. The third kappa shape index (κ3) is 5.66. The molecule has 4 aliphatic rings. The number of ether oxygens (including phenoxy) is 1. The van der Waals surface area contributed by atoms with E-state index in [2.05, 4.69) is 16.8 Å². The van der Waals surface area contributed by atoms with E-state index in [1.54, 1.807) is 0 Å². The maximum atomic E-state index is 11.0. The van der Waals surface area contributed by atoms with Gasteiger partial charge < -0.3 is 31.0 Å². The van der Waals surface area contributed by atoms with Crippen LogP contribution < -0.4 is 11.5 Å². The van der Waals surface area contributed by atoms with Crippen LogP contribution in [-0.2, 0) is 9.53 Å². The molecule has 0 aromatic carbocycles. The molecule has 0 aromatic heterocycles. The zero-order chi connectivity index (χ0) is 23.4. The Hall–Kier alpha value is -1.35. The Kier molecular flexibility index (Phi) is 8.54. The first-order chi connectivity index (χ1) is 16.0. The van der Waals surface area contributed by atoms with E-state index in [1.165, 1.54) is 62.0 Å². The molecule has 33 heavy (non-hydrogen) atoms. The van der Waals surface area contributed by atoms with Gasteiger partial charge in [0.15, 0.2) is 0 Å². The molecule has 1 saturated heterocycles. The highest BCUT2D eigenvalue weighted by molar-refractivity contribution is 8.04. The number of nitrogens with two attached hydrogens (primary N) is 2. The Bertz CT molecular complexity index is 785. The van der Waals surface area contributed by atoms with Crippen LogP contribution in [0.25, 0.3) is 0 Å². The number of hydrogen-bond acceptors (Lipinski definition) is 7. The predicted octanol–water partition coefficient (Wildman–Crippen LogP) is 3.08. The molecule has 0 amide bonds. The standard InChI is InChI=1S/C25H40N4O3S/c1-16-23(24-17(5-10-22(24)33-16)13-21(31)20(27)14-30)25(28-15-26)32-19-8-6-18(7-9-19)29-11-3-2-4-12-29/h14-21,31H,2-13,27H2,1H3,(H2,26,28). The summed E-state index contributed by atoms with van der Waals surface area (Å²) >= 11 is 1.86. The van der Waals surface area contributed by atoms with E-state index in [4.69, 9.17) is 16.2 Å². The molecular formula is C25H40N4O3S. The second-order valence-corrected chi connectivity index (χ2v) is 11.4. The van der Waals surface area contributed by atoms with E-state index in [9.17, 15) is 9.90 Å². The topological polar surface area (TPSA) is 114 Å². The minimum atomic E-state index is -0.846. The number of likely N-dealkylation sites (tertiary alicyclic amines) is 1. The number of aliphatic imine (C=N–C) groups is 1. The molecule has 4 unspecified atom stereocenters. The lowest BCUT2D eigenvalue weighted by molar-refractivity contribution is -0.111. The van der Waals surface area contributed by atoms with Crippen LogP contribution in [0.5, 0.6) is 0 Å². The lowest BCUT2D eigenvalue weighted by atomic mass is 9.87. The van der Waals surface area contributed by atoms with Crippen molar-refractivity contribution in [1.29, 1.82) is 0 Å². The molecule has 0 bridgehead atoms. The second-order valence-electron chi connectivity index (χ2n) is 9.99. The molecule has 0 aromatic rings. The van der Waals surface area contributed by atoms with Crippen molar-refractivity contribution in [2.45, 2.75) is 101 Å². The summed E-state index contributed by atoms with van der Waals surface area (Å²) in [4.78, 5) is 19.6. The third-order valence-corrected chi connectivity index (χ3v) is 9.12. The number of piperidine rings is 1. The van der Waals surface area contributed by atoms with Crippen molar-refractivity contribution in [1.82, 2.24) is 4.90 Å². The minimum Gasteiger partial charge on any atom is -0.474 e. The lowest BCUT2D eigenvalue weighted by Gasteiger charge is -2.39. The van der Waals surface area contributed by atoms with E-state index in [-0.39, 0.29) is 17.3 Å². The molecule has 0 spiro atoms. The van der Waals surface area contributed by atoms with Crippen LogP contribution in [0, 0.1) is 5.92 Å². The number of aliphatic hydroxyl groups excluding tert-OH is 1. The van der Waals surface area contributed by atoms with Crippen molar-refractivity contribution in [3.8, 4) is 0 Å². The second kappa shape index (κ2) is 11.4. The van der Waals surface area contributed by atoms with E-state index >= 15 is 0 Å². The van der Waals surface area contributed by atoms with Crippen LogP contribution in [-0.4, -0.2) is 65.3 Å². The first-order valence-corrected chi connectivity index (χ1v) is 13.6. The number of nitrogens with zero attached hydrogens (tertiary/aromatic N) is 2. The largest absolute Gasteiger partial charge is 0.474 e. The lowest BCUT2D eigenvalue weighted by Crippen LogP contribution is -2.42. The molecular weight excluding hydrogens is 436 g/mol. The van der Waals surface area contributed by atoms with Crippen LogP contribution in [0.2, 0.25) is 0 Å². The Morgan fingerprint density at radius 1 is 1.24 bits per heavy atom. The fourth-order valence-corrected chi connectivity index (χ4v) is 7.47. The van der Waals surface area contributed by atoms with Crippen molar-refractivity contribution in [3.05, 3.63) is 21.9 Å². The van der Waals surface area contributed by atoms with Crippen molar-refractivity contribution < 1.29 is 14.6 Å². The number of carbonyl (C=O) groups excluding carboxylic acids is 1. The SMILES string of the molecule is CC1SC2=C(C1=C(N=CN)OC1CCC(N3CCCCC3)CC1)C(CC(O)C(N)C=O)CC2. The molecule has 4 rings (SSSR count). The fraction of sp³-hybridized carbons (Fsp3) is 0.760. The molecule has 184 valence electrons. The van der Waals surface area contributed by atoms with Gasteiger partial charge in [-0.3, -0.25) is 0 Å². The van der Waals surface area contributed by atoms with E-state index in [0.29, 0.717) is 24.6 Å². The predicted molar refractivity (Wildman–Crippen MR) is 134 cm³/mol. The molecule has 8 heteroatoms. The molecule has 7 nitrogen and oxygen atoms in total. The van der Waals surface area contributed by atoms with Gasteiger partial charge in [0.2, 0.25) is 5.88 Å². The highest BCUT2D eigenvalue weighted by Gasteiger charge is 2.40. The molecule has 2 aliphatic carbocycles. The maximum absolute atomic E-state index is 11.0. The van der Waals surface area contributed by atoms with E-state index in [1.807, 2.05) is 11.8 Å². The average molecular weight is 477 g/mol.